The van der Waals surface area contributed by atoms with E-state index in [0.29, 0.717) is 12.3 Å². The number of carbonyl (C=O) groups excluding carboxylic acids is 1. The van der Waals surface area contributed by atoms with E-state index in [0.717, 1.165) is 56.3 Å². The Hall–Kier alpha value is -2.57. The summed E-state index contributed by atoms with van der Waals surface area (Å²) in [4.78, 5) is 18.4. The van der Waals surface area contributed by atoms with Gasteiger partial charge in [0.05, 0.1) is 6.42 Å². The monoisotopic (exact) mass is 405 g/mol. The molecule has 6 nitrogen and oxygen atoms in total. The van der Waals surface area contributed by atoms with Crippen molar-refractivity contribution < 1.29 is 14.3 Å². The van der Waals surface area contributed by atoms with Gasteiger partial charge in [0, 0.05) is 56.6 Å². The minimum Gasteiger partial charge on any atom is -0.454 e. The largest absolute Gasteiger partial charge is 0.454 e. The van der Waals surface area contributed by atoms with Crippen LogP contribution in [0.4, 0.5) is 0 Å². The van der Waals surface area contributed by atoms with E-state index in [9.17, 15) is 4.79 Å². The maximum atomic E-state index is 13.2. The van der Waals surface area contributed by atoms with Crippen molar-refractivity contribution in [1.29, 1.82) is 0 Å². The molecule has 0 radical (unpaired) electrons. The molecule has 4 fully saturated rings. The van der Waals surface area contributed by atoms with Crippen molar-refractivity contribution in [1.82, 2.24) is 15.1 Å². The van der Waals surface area contributed by atoms with Crippen molar-refractivity contribution in [3.05, 3.63) is 59.7 Å². The van der Waals surface area contributed by atoms with Crippen LogP contribution >= 0.6 is 0 Å². The Morgan fingerprint density at radius 3 is 2.50 bits per heavy atom. The number of nitrogens with zero attached hydrogens (tertiary/aromatic N) is 2. The Kier molecular flexibility index (Phi) is 4.25. The van der Waals surface area contributed by atoms with E-state index in [1.165, 1.54) is 5.56 Å². The average Bonchev–Trinajstić information content (AvgIpc) is 3.07. The molecule has 1 amide bonds. The van der Waals surface area contributed by atoms with Gasteiger partial charge in [-0.15, -0.1) is 0 Å². The number of hydrogen-bond donors (Lipinski definition) is 1. The molecule has 0 aliphatic carbocycles. The van der Waals surface area contributed by atoms with E-state index >= 15 is 0 Å². The molecule has 1 N–H and O–H groups in total. The van der Waals surface area contributed by atoms with Crippen LogP contribution in [0.5, 0.6) is 11.5 Å². The molecule has 2 unspecified atom stereocenters. The summed E-state index contributed by atoms with van der Waals surface area (Å²) in [5.41, 5.74) is 2.25. The number of rotatable bonds is 4. The highest BCUT2D eigenvalue weighted by Crippen LogP contribution is 2.43. The van der Waals surface area contributed by atoms with Gasteiger partial charge in [-0.2, -0.15) is 0 Å². The second kappa shape index (κ2) is 7.00. The van der Waals surface area contributed by atoms with E-state index in [2.05, 4.69) is 45.4 Å². The van der Waals surface area contributed by atoms with Crippen LogP contribution in [0.25, 0.3) is 0 Å². The summed E-state index contributed by atoms with van der Waals surface area (Å²) in [7, 11) is 0. The van der Waals surface area contributed by atoms with Crippen LogP contribution < -0.4 is 14.8 Å². The quantitative estimate of drug-likeness (QED) is 0.838. The number of amides is 1. The first kappa shape index (κ1) is 18.2. The first-order valence-corrected chi connectivity index (χ1v) is 10.9. The summed E-state index contributed by atoms with van der Waals surface area (Å²) >= 11 is 0. The van der Waals surface area contributed by atoms with Gasteiger partial charge in [-0.1, -0.05) is 36.4 Å². The topological polar surface area (TPSA) is 54.0 Å². The van der Waals surface area contributed by atoms with Crippen LogP contribution in [0.15, 0.2) is 48.5 Å². The van der Waals surface area contributed by atoms with Gasteiger partial charge in [0.25, 0.3) is 0 Å². The van der Waals surface area contributed by atoms with Crippen LogP contribution in [0.1, 0.15) is 11.1 Å². The van der Waals surface area contributed by atoms with Gasteiger partial charge >= 0.3 is 0 Å². The lowest BCUT2D eigenvalue weighted by Crippen LogP contribution is -2.70. The highest BCUT2D eigenvalue weighted by atomic mass is 16.7. The van der Waals surface area contributed by atoms with Gasteiger partial charge in [0.2, 0.25) is 12.7 Å². The van der Waals surface area contributed by atoms with Crippen LogP contribution in [0, 0.1) is 5.92 Å². The van der Waals surface area contributed by atoms with Crippen LogP contribution in [-0.2, 0) is 16.6 Å². The van der Waals surface area contributed by atoms with Gasteiger partial charge in [0.1, 0.15) is 0 Å². The highest BCUT2D eigenvalue weighted by molar-refractivity contribution is 5.79. The van der Waals surface area contributed by atoms with Crippen molar-refractivity contribution in [3.63, 3.8) is 0 Å². The lowest BCUT2D eigenvalue weighted by Gasteiger charge is -2.55. The molecule has 5 aliphatic rings. The molecule has 0 spiro atoms. The third-order valence-electron chi connectivity index (χ3n) is 7.26. The summed E-state index contributed by atoms with van der Waals surface area (Å²) in [6.07, 6.45) is 0.359. The van der Waals surface area contributed by atoms with E-state index in [-0.39, 0.29) is 24.2 Å². The number of benzene rings is 2. The number of nitrogens with one attached hydrogen (secondary N) is 1. The molecule has 0 aromatic heterocycles. The Bertz CT molecular complexity index is 947. The smallest absolute Gasteiger partial charge is 0.231 e. The summed E-state index contributed by atoms with van der Waals surface area (Å²) in [6.45, 7) is 6.67. The number of ether oxygens (including phenoxy) is 2. The predicted octanol–water partition coefficient (Wildman–Crippen LogP) is 1.64. The van der Waals surface area contributed by atoms with Crippen molar-refractivity contribution >= 4 is 5.91 Å². The molecule has 7 rings (SSSR count). The van der Waals surface area contributed by atoms with Gasteiger partial charge in [0.15, 0.2) is 11.5 Å². The summed E-state index contributed by atoms with van der Waals surface area (Å²) in [5.74, 6) is 2.02. The van der Waals surface area contributed by atoms with E-state index in [1.54, 1.807) is 0 Å². The standard InChI is InChI=1S/C24H27N3O3/c28-22(11-17-6-7-20-21(10-17)30-16-29-20)25-23-18-12-26-8-9-27(13-18)15-24(23,14-26)19-4-2-1-3-5-19/h1-7,10,18,23H,8-9,11-16H2,(H,25,28)/t18?,23-,24?/m0/s1. The molecule has 30 heavy (non-hydrogen) atoms. The lowest BCUT2D eigenvalue weighted by molar-refractivity contribution is -0.123. The molecule has 4 saturated heterocycles. The number of fused-ring (bicyclic) bond motifs is 2. The zero-order valence-electron chi connectivity index (χ0n) is 17.0. The zero-order chi connectivity index (χ0) is 20.1. The fourth-order valence-electron chi connectivity index (χ4n) is 6.03. The zero-order valence-corrected chi connectivity index (χ0v) is 17.0. The number of carbonyl (C=O) groups is 1. The third-order valence-corrected chi connectivity index (χ3v) is 7.26. The van der Waals surface area contributed by atoms with E-state index in [1.807, 2.05) is 18.2 Å². The first-order chi connectivity index (χ1) is 14.7. The SMILES string of the molecule is O=C(Cc1ccc2c(c1)OCO2)N[C@H]1C2CN3CCN(C2)CC1(c1ccccc1)C3. The van der Waals surface area contributed by atoms with Crippen molar-refractivity contribution in [3.8, 4) is 11.5 Å². The minimum atomic E-state index is -0.0521. The molecule has 3 atom stereocenters. The molecule has 4 bridgehead atoms. The summed E-state index contributed by atoms with van der Waals surface area (Å²) in [5, 5.41) is 3.48. The molecular weight excluding hydrogens is 378 g/mol. The Balaban J connectivity index is 1.28. The minimum absolute atomic E-state index is 0.0521. The fraction of sp³-hybridized carbons (Fsp3) is 0.458. The van der Waals surface area contributed by atoms with Crippen LogP contribution in [0.2, 0.25) is 0 Å². The highest BCUT2D eigenvalue weighted by Gasteiger charge is 2.55. The average molecular weight is 405 g/mol. The van der Waals surface area contributed by atoms with Crippen LogP contribution in [-0.4, -0.2) is 67.8 Å². The second-order valence-corrected chi connectivity index (χ2v) is 9.16. The van der Waals surface area contributed by atoms with Gasteiger partial charge in [-0.3, -0.25) is 4.79 Å². The summed E-state index contributed by atoms with van der Waals surface area (Å²) in [6, 6.07) is 16.7. The number of piperidine rings is 2. The van der Waals surface area contributed by atoms with Crippen LogP contribution in [0.3, 0.4) is 0 Å². The predicted molar refractivity (Wildman–Crippen MR) is 113 cm³/mol. The molecule has 156 valence electrons. The van der Waals surface area contributed by atoms with Gasteiger partial charge < -0.3 is 24.6 Å². The van der Waals surface area contributed by atoms with Crippen molar-refractivity contribution in [2.45, 2.75) is 17.9 Å². The summed E-state index contributed by atoms with van der Waals surface area (Å²) < 4.78 is 10.9. The van der Waals surface area contributed by atoms with Crippen molar-refractivity contribution in [2.24, 2.45) is 5.92 Å². The Labute approximate surface area is 176 Å². The maximum absolute atomic E-state index is 13.2. The van der Waals surface area contributed by atoms with E-state index < -0.39 is 0 Å². The molecule has 5 aliphatic heterocycles. The maximum Gasteiger partial charge on any atom is 0.231 e. The third kappa shape index (κ3) is 2.97. The van der Waals surface area contributed by atoms with Gasteiger partial charge in [-0.25, -0.2) is 0 Å². The molecule has 2 aromatic carbocycles. The first-order valence-electron chi connectivity index (χ1n) is 10.9. The van der Waals surface area contributed by atoms with Crippen molar-refractivity contribution in [2.75, 3.05) is 46.1 Å². The van der Waals surface area contributed by atoms with E-state index in [4.69, 9.17) is 9.47 Å². The normalized spacial score (nSPS) is 33.3. The lowest BCUT2D eigenvalue weighted by atomic mass is 9.64. The molecule has 6 heteroatoms. The molecular formula is C24H27N3O3. The fourth-order valence-corrected chi connectivity index (χ4v) is 6.03. The van der Waals surface area contributed by atoms with Gasteiger partial charge in [-0.05, 0) is 23.3 Å². The molecule has 0 saturated carbocycles. The Morgan fingerprint density at radius 1 is 1.00 bits per heavy atom. The molecule has 5 heterocycles. The second-order valence-electron chi connectivity index (χ2n) is 9.16. The molecule has 2 aromatic rings. The number of hydrogen-bond acceptors (Lipinski definition) is 5. The Morgan fingerprint density at radius 2 is 1.73 bits per heavy atom.